The van der Waals surface area contributed by atoms with Gasteiger partial charge in [0.15, 0.2) is 0 Å². The van der Waals surface area contributed by atoms with Gasteiger partial charge < -0.3 is 15.2 Å². The van der Waals surface area contributed by atoms with Crippen LogP contribution in [0.5, 0.6) is 5.75 Å². The molecule has 3 aromatic rings. The van der Waals surface area contributed by atoms with Crippen molar-refractivity contribution in [1.82, 2.24) is 15.5 Å². The third-order valence-corrected chi connectivity index (χ3v) is 5.73. The van der Waals surface area contributed by atoms with E-state index in [0.29, 0.717) is 6.54 Å². The molecule has 1 aromatic heterocycles. The summed E-state index contributed by atoms with van der Waals surface area (Å²) in [6, 6.07) is 15.6. The summed E-state index contributed by atoms with van der Waals surface area (Å²) in [5, 5.41) is 24.5. The normalized spacial score (nSPS) is 12.9. The van der Waals surface area contributed by atoms with Gasteiger partial charge in [0.2, 0.25) is 0 Å². The molecular weight excluding hydrogens is 430 g/mol. The van der Waals surface area contributed by atoms with Gasteiger partial charge in [-0.25, -0.2) is 0 Å². The number of aliphatic hydroxyl groups is 1. The number of para-hydroxylation sites is 1. The van der Waals surface area contributed by atoms with Gasteiger partial charge in [-0.3, -0.25) is 0 Å². The predicted octanol–water partition coefficient (Wildman–Crippen LogP) is 5.02. The highest BCUT2D eigenvalue weighted by atomic mass is 35.5. The van der Waals surface area contributed by atoms with Crippen LogP contribution < -0.4 is 10.1 Å². The highest BCUT2D eigenvalue weighted by Gasteiger charge is 2.19. The molecule has 3 rings (SSSR count). The standard InChI is InChI=1S/C24H28ClN3O2S/c1-17-27-28-23(31-17)13-10-19-6-4-5-7-22(19)30-16-21(29)15-26-24(2,3)14-18-8-11-20(25)12-9-18/h4-13,21,26,29H,14-16H2,1-3H3. The minimum absolute atomic E-state index is 0.171. The van der Waals surface area contributed by atoms with Gasteiger partial charge in [-0.1, -0.05) is 53.3 Å². The van der Waals surface area contributed by atoms with Crippen LogP contribution >= 0.6 is 22.9 Å². The molecule has 0 saturated carbocycles. The number of rotatable bonds is 10. The Kier molecular flexibility index (Phi) is 8.21. The lowest BCUT2D eigenvalue weighted by Gasteiger charge is -2.28. The molecule has 7 heteroatoms. The van der Waals surface area contributed by atoms with E-state index < -0.39 is 6.10 Å². The number of halogens is 1. The summed E-state index contributed by atoms with van der Waals surface area (Å²) < 4.78 is 5.90. The lowest BCUT2D eigenvalue weighted by atomic mass is 9.95. The average molecular weight is 458 g/mol. The molecule has 31 heavy (non-hydrogen) atoms. The minimum atomic E-state index is -0.632. The monoisotopic (exact) mass is 457 g/mol. The first-order valence-corrected chi connectivity index (χ1v) is 11.4. The van der Waals surface area contributed by atoms with Gasteiger partial charge in [0, 0.05) is 22.7 Å². The van der Waals surface area contributed by atoms with Crippen molar-refractivity contribution in [3.05, 3.63) is 74.7 Å². The van der Waals surface area contributed by atoms with Crippen molar-refractivity contribution >= 4 is 35.1 Å². The fraction of sp³-hybridized carbons (Fsp3) is 0.333. The van der Waals surface area contributed by atoms with E-state index in [1.54, 1.807) is 0 Å². The average Bonchev–Trinajstić information content (AvgIpc) is 3.16. The third-order valence-electron chi connectivity index (χ3n) is 4.67. The van der Waals surface area contributed by atoms with Crippen LogP contribution in [0.2, 0.25) is 5.02 Å². The van der Waals surface area contributed by atoms with Crippen molar-refractivity contribution in [2.45, 2.75) is 38.8 Å². The van der Waals surface area contributed by atoms with E-state index >= 15 is 0 Å². The molecule has 1 atom stereocenters. The lowest BCUT2D eigenvalue weighted by molar-refractivity contribution is 0.0987. The molecule has 0 aliphatic heterocycles. The molecule has 1 heterocycles. The second-order valence-electron chi connectivity index (χ2n) is 8.06. The highest BCUT2D eigenvalue weighted by molar-refractivity contribution is 7.12. The van der Waals surface area contributed by atoms with E-state index in [1.807, 2.05) is 67.6 Å². The van der Waals surface area contributed by atoms with Gasteiger partial charge >= 0.3 is 0 Å². The summed E-state index contributed by atoms with van der Waals surface area (Å²) in [6.07, 6.45) is 4.07. The second kappa shape index (κ2) is 10.9. The van der Waals surface area contributed by atoms with Crippen LogP contribution in [0.4, 0.5) is 0 Å². The summed E-state index contributed by atoms with van der Waals surface area (Å²) in [6.45, 7) is 6.79. The van der Waals surface area contributed by atoms with E-state index in [9.17, 15) is 5.11 Å². The molecule has 0 spiro atoms. The van der Waals surface area contributed by atoms with Gasteiger partial charge in [-0.2, -0.15) is 0 Å². The Labute approximate surface area is 192 Å². The minimum Gasteiger partial charge on any atom is -0.490 e. The topological polar surface area (TPSA) is 67.3 Å². The van der Waals surface area contributed by atoms with Gasteiger partial charge in [-0.15, -0.1) is 10.2 Å². The molecule has 0 saturated heterocycles. The molecule has 2 N–H and O–H groups in total. The van der Waals surface area contributed by atoms with Crippen molar-refractivity contribution in [3.8, 4) is 5.75 Å². The van der Waals surface area contributed by atoms with Crippen molar-refractivity contribution in [1.29, 1.82) is 0 Å². The van der Waals surface area contributed by atoms with Crippen LogP contribution in [0, 0.1) is 6.92 Å². The molecule has 0 fully saturated rings. The molecule has 5 nitrogen and oxygen atoms in total. The second-order valence-corrected chi connectivity index (χ2v) is 9.71. The number of ether oxygens (including phenoxy) is 1. The molecule has 0 amide bonds. The molecule has 1 unspecified atom stereocenters. The first-order chi connectivity index (χ1) is 14.8. The van der Waals surface area contributed by atoms with Crippen LogP contribution in [0.15, 0.2) is 48.5 Å². The quantitative estimate of drug-likeness (QED) is 0.447. The zero-order chi connectivity index (χ0) is 22.3. The number of aliphatic hydroxyl groups excluding tert-OH is 1. The van der Waals surface area contributed by atoms with Crippen molar-refractivity contribution in [3.63, 3.8) is 0 Å². The number of aryl methyl sites for hydroxylation is 1. The van der Waals surface area contributed by atoms with Crippen LogP contribution in [0.3, 0.4) is 0 Å². The Morgan fingerprint density at radius 2 is 1.87 bits per heavy atom. The summed E-state index contributed by atoms with van der Waals surface area (Å²) in [4.78, 5) is 0. The van der Waals surface area contributed by atoms with E-state index in [-0.39, 0.29) is 12.1 Å². The summed E-state index contributed by atoms with van der Waals surface area (Å²) in [5.41, 5.74) is 1.95. The van der Waals surface area contributed by atoms with Crippen LogP contribution in [0.25, 0.3) is 12.2 Å². The number of hydrogen-bond donors (Lipinski definition) is 2. The fourth-order valence-electron chi connectivity index (χ4n) is 3.10. The lowest BCUT2D eigenvalue weighted by Crippen LogP contribution is -2.46. The first kappa shape index (κ1) is 23.4. The van der Waals surface area contributed by atoms with Gasteiger partial charge in [-0.05, 0) is 63.1 Å². The Balaban J connectivity index is 1.50. The third kappa shape index (κ3) is 7.74. The van der Waals surface area contributed by atoms with Crippen LogP contribution in [-0.4, -0.2) is 40.1 Å². The Bertz CT molecular complexity index is 1000. The molecule has 0 aliphatic carbocycles. The molecule has 2 aromatic carbocycles. The first-order valence-electron chi connectivity index (χ1n) is 10.2. The molecule has 164 valence electrons. The van der Waals surface area contributed by atoms with E-state index in [0.717, 1.165) is 32.8 Å². The van der Waals surface area contributed by atoms with Crippen molar-refractivity contribution in [2.75, 3.05) is 13.2 Å². The number of nitrogens with one attached hydrogen (secondary N) is 1. The molecule has 0 radical (unpaired) electrons. The Hall–Kier alpha value is -2.25. The summed E-state index contributed by atoms with van der Waals surface area (Å²) in [5.74, 6) is 0.722. The largest absolute Gasteiger partial charge is 0.490 e. The summed E-state index contributed by atoms with van der Waals surface area (Å²) in [7, 11) is 0. The van der Waals surface area contributed by atoms with Crippen molar-refractivity contribution in [2.24, 2.45) is 0 Å². The zero-order valence-corrected chi connectivity index (χ0v) is 19.6. The van der Waals surface area contributed by atoms with E-state index in [1.165, 1.54) is 16.9 Å². The highest BCUT2D eigenvalue weighted by Crippen LogP contribution is 2.22. The number of benzene rings is 2. The maximum absolute atomic E-state index is 10.4. The maximum atomic E-state index is 10.4. The predicted molar refractivity (Wildman–Crippen MR) is 129 cm³/mol. The van der Waals surface area contributed by atoms with Crippen LogP contribution in [0.1, 0.15) is 35.0 Å². The van der Waals surface area contributed by atoms with E-state index in [4.69, 9.17) is 16.3 Å². The number of β-amino-alcohol motifs (C(OH)–C–C–N with tert-alkyl or cyclic N) is 1. The van der Waals surface area contributed by atoms with Gasteiger partial charge in [0.1, 0.15) is 28.5 Å². The molecule has 0 bridgehead atoms. The summed E-state index contributed by atoms with van der Waals surface area (Å²) >= 11 is 7.50. The van der Waals surface area contributed by atoms with Gasteiger partial charge in [0.25, 0.3) is 0 Å². The fourth-order valence-corrected chi connectivity index (χ4v) is 3.83. The maximum Gasteiger partial charge on any atom is 0.140 e. The number of hydrogen-bond acceptors (Lipinski definition) is 6. The Morgan fingerprint density at radius 1 is 1.13 bits per heavy atom. The molecule has 0 aliphatic rings. The number of aromatic nitrogens is 2. The smallest absolute Gasteiger partial charge is 0.140 e. The van der Waals surface area contributed by atoms with E-state index in [2.05, 4.69) is 29.4 Å². The zero-order valence-electron chi connectivity index (χ0n) is 18.0. The SMILES string of the molecule is Cc1nnc(C=Cc2ccccc2OCC(O)CNC(C)(C)Cc2ccc(Cl)cc2)s1. The Morgan fingerprint density at radius 3 is 2.58 bits per heavy atom. The molecular formula is C24H28ClN3O2S. The van der Waals surface area contributed by atoms with Crippen molar-refractivity contribution < 1.29 is 9.84 Å². The van der Waals surface area contributed by atoms with Crippen LogP contribution in [-0.2, 0) is 6.42 Å². The van der Waals surface area contributed by atoms with Gasteiger partial charge in [0.05, 0.1) is 0 Å². The number of nitrogens with zero attached hydrogens (tertiary/aromatic N) is 2.